The Morgan fingerprint density at radius 2 is 1.85 bits per heavy atom. The second-order valence-electron chi connectivity index (χ2n) is 6.14. The number of thiophene rings is 1. The van der Waals surface area contributed by atoms with E-state index in [0.717, 1.165) is 5.56 Å². The van der Waals surface area contributed by atoms with Crippen LogP contribution in [0.1, 0.15) is 12.0 Å². The summed E-state index contributed by atoms with van der Waals surface area (Å²) in [6.07, 6.45) is 1.05. The zero-order chi connectivity index (χ0) is 19.4. The number of benzene rings is 1. The summed E-state index contributed by atoms with van der Waals surface area (Å²) in [7, 11) is -3.98. The van der Waals surface area contributed by atoms with Crippen molar-refractivity contribution >= 4 is 33.0 Å². The molecule has 0 aliphatic carbocycles. The Hall–Kier alpha value is -2.30. The smallest absolute Gasteiger partial charge is 0.289 e. The van der Waals surface area contributed by atoms with Gasteiger partial charge in [-0.05, 0) is 34.9 Å². The van der Waals surface area contributed by atoms with Gasteiger partial charge in [0.15, 0.2) is 4.90 Å². The number of piperazine rings is 1. The fourth-order valence-corrected chi connectivity index (χ4v) is 5.27. The van der Waals surface area contributed by atoms with Gasteiger partial charge < -0.3 is 4.90 Å². The lowest BCUT2D eigenvalue weighted by molar-refractivity contribution is -0.387. The molecule has 2 heterocycles. The summed E-state index contributed by atoms with van der Waals surface area (Å²) >= 11 is 1.58. The maximum Gasteiger partial charge on any atom is 0.289 e. The second kappa shape index (κ2) is 8.15. The molecule has 0 saturated carbocycles. The molecule has 0 atom stereocenters. The maximum absolute atomic E-state index is 12.8. The molecule has 0 N–H and O–H groups in total. The Morgan fingerprint density at radius 1 is 1.15 bits per heavy atom. The summed E-state index contributed by atoms with van der Waals surface area (Å²) in [5.74, 6) is -0.0102. The van der Waals surface area contributed by atoms with Gasteiger partial charge in [0.25, 0.3) is 5.69 Å². The summed E-state index contributed by atoms with van der Waals surface area (Å²) < 4.78 is 26.8. The van der Waals surface area contributed by atoms with Crippen molar-refractivity contribution < 1.29 is 18.1 Å². The highest BCUT2D eigenvalue weighted by Crippen LogP contribution is 2.27. The molecule has 0 spiro atoms. The number of amides is 1. The number of hydrogen-bond donors (Lipinski definition) is 0. The first-order chi connectivity index (χ1) is 12.9. The lowest BCUT2D eigenvalue weighted by atomic mass is 10.1. The minimum atomic E-state index is -3.98. The van der Waals surface area contributed by atoms with Gasteiger partial charge in [-0.15, -0.1) is 0 Å². The van der Waals surface area contributed by atoms with Crippen molar-refractivity contribution in [3.8, 4) is 0 Å². The maximum atomic E-state index is 12.8. The van der Waals surface area contributed by atoms with Crippen molar-refractivity contribution in [2.24, 2.45) is 0 Å². The van der Waals surface area contributed by atoms with Crippen molar-refractivity contribution in [2.45, 2.75) is 17.7 Å². The van der Waals surface area contributed by atoms with Gasteiger partial charge in [-0.2, -0.15) is 15.6 Å². The van der Waals surface area contributed by atoms with Crippen LogP contribution < -0.4 is 0 Å². The third kappa shape index (κ3) is 4.34. The van der Waals surface area contributed by atoms with Crippen molar-refractivity contribution in [1.82, 2.24) is 9.21 Å². The van der Waals surface area contributed by atoms with Gasteiger partial charge in [0.05, 0.1) is 4.92 Å². The molecular weight excluding hydrogens is 390 g/mol. The van der Waals surface area contributed by atoms with E-state index >= 15 is 0 Å². The standard InChI is InChI=1S/C17H19N3O5S2/c21-17(6-5-14-7-12-26-13-14)18-8-10-19(11-9-18)27(24,25)16-4-2-1-3-15(16)20(22)23/h1-4,7,12-13H,5-6,8-11H2. The Bertz CT molecular complexity index is 920. The number of hydrogen-bond acceptors (Lipinski definition) is 6. The first kappa shape index (κ1) is 19.5. The highest BCUT2D eigenvalue weighted by Gasteiger charge is 2.34. The SMILES string of the molecule is O=C(CCc1ccsc1)N1CCN(S(=O)(=O)c2ccccc2[N+](=O)[O-])CC1. The minimum absolute atomic E-state index is 0.0102. The quantitative estimate of drug-likeness (QED) is 0.537. The number of carbonyl (C=O) groups is 1. The van der Waals surface area contributed by atoms with Crippen molar-refractivity contribution in [1.29, 1.82) is 0 Å². The number of sulfonamides is 1. The van der Waals surface area contributed by atoms with Crippen LogP contribution in [0.4, 0.5) is 5.69 Å². The summed E-state index contributed by atoms with van der Waals surface area (Å²) in [6, 6.07) is 7.30. The van der Waals surface area contributed by atoms with Gasteiger partial charge in [-0.3, -0.25) is 14.9 Å². The molecule has 0 bridgehead atoms. The summed E-state index contributed by atoms with van der Waals surface area (Å²) in [6.45, 7) is 0.807. The first-order valence-corrected chi connectivity index (χ1v) is 10.8. The van der Waals surface area contributed by atoms with Gasteiger partial charge in [0.1, 0.15) is 0 Å². The normalized spacial score (nSPS) is 15.6. The zero-order valence-corrected chi connectivity index (χ0v) is 16.1. The topological polar surface area (TPSA) is 101 Å². The molecule has 2 aromatic rings. The highest BCUT2D eigenvalue weighted by atomic mass is 32.2. The number of nitrogens with zero attached hydrogens (tertiary/aromatic N) is 3. The van der Waals surface area contributed by atoms with E-state index in [-0.39, 0.29) is 37.0 Å². The van der Waals surface area contributed by atoms with Gasteiger partial charge >= 0.3 is 0 Å². The molecule has 1 amide bonds. The van der Waals surface area contributed by atoms with Crippen LogP contribution in [0.25, 0.3) is 0 Å². The number of carbonyl (C=O) groups excluding carboxylic acids is 1. The molecule has 1 aromatic heterocycles. The van der Waals surface area contributed by atoms with E-state index in [4.69, 9.17) is 0 Å². The number of nitro groups is 1. The minimum Gasteiger partial charge on any atom is -0.340 e. The molecule has 8 nitrogen and oxygen atoms in total. The van der Waals surface area contributed by atoms with Crippen LogP contribution in [0.2, 0.25) is 0 Å². The molecule has 10 heteroatoms. The van der Waals surface area contributed by atoms with Gasteiger partial charge in [0, 0.05) is 38.7 Å². The van der Waals surface area contributed by atoms with E-state index in [1.807, 2.05) is 16.8 Å². The summed E-state index contributed by atoms with van der Waals surface area (Å²) in [5, 5.41) is 15.1. The lowest BCUT2D eigenvalue weighted by Gasteiger charge is -2.34. The van der Waals surface area contributed by atoms with Crippen LogP contribution >= 0.6 is 11.3 Å². The van der Waals surface area contributed by atoms with Crippen LogP contribution in [0.15, 0.2) is 46.0 Å². The van der Waals surface area contributed by atoms with Crippen LogP contribution in [0.5, 0.6) is 0 Å². The molecular formula is C17H19N3O5S2. The molecule has 1 saturated heterocycles. The average molecular weight is 409 g/mol. The average Bonchev–Trinajstić information content (AvgIpc) is 3.20. The fraction of sp³-hybridized carbons (Fsp3) is 0.353. The number of para-hydroxylation sites is 1. The van der Waals surface area contributed by atoms with Crippen LogP contribution in [-0.4, -0.2) is 54.6 Å². The molecule has 1 aromatic carbocycles. The lowest BCUT2D eigenvalue weighted by Crippen LogP contribution is -2.50. The van der Waals surface area contributed by atoms with Crippen LogP contribution in [0, 0.1) is 10.1 Å². The molecule has 144 valence electrons. The summed E-state index contributed by atoms with van der Waals surface area (Å²) in [5.41, 5.74) is 0.678. The van der Waals surface area contributed by atoms with Crippen molar-refractivity contribution in [3.63, 3.8) is 0 Å². The molecule has 1 aliphatic rings. The van der Waals surface area contributed by atoms with Gasteiger partial charge in [-0.25, -0.2) is 8.42 Å². The third-order valence-electron chi connectivity index (χ3n) is 4.48. The fourth-order valence-electron chi connectivity index (χ4n) is 2.99. The van der Waals surface area contributed by atoms with Gasteiger partial charge in [-0.1, -0.05) is 12.1 Å². The zero-order valence-electron chi connectivity index (χ0n) is 14.5. The molecule has 1 fully saturated rings. The molecule has 1 aliphatic heterocycles. The molecule has 0 unspecified atom stereocenters. The number of nitro benzene ring substituents is 1. The molecule has 3 rings (SSSR count). The summed E-state index contributed by atoms with van der Waals surface area (Å²) in [4.78, 5) is 24.1. The first-order valence-electron chi connectivity index (χ1n) is 8.42. The monoisotopic (exact) mass is 409 g/mol. The molecule has 0 radical (unpaired) electrons. The Kier molecular flexibility index (Phi) is 5.88. The number of rotatable bonds is 6. The Balaban J connectivity index is 1.63. The predicted octanol–water partition coefficient (Wildman–Crippen LogP) is 2.12. The van der Waals surface area contributed by atoms with E-state index < -0.39 is 20.6 Å². The van der Waals surface area contributed by atoms with E-state index in [1.54, 1.807) is 16.2 Å². The third-order valence-corrected chi connectivity index (χ3v) is 7.16. The Labute approximate surface area is 161 Å². The Morgan fingerprint density at radius 3 is 2.48 bits per heavy atom. The van der Waals surface area contributed by atoms with Crippen molar-refractivity contribution in [2.75, 3.05) is 26.2 Å². The number of aryl methyl sites for hydroxylation is 1. The van der Waals surface area contributed by atoms with Crippen LogP contribution in [0.3, 0.4) is 0 Å². The highest BCUT2D eigenvalue weighted by molar-refractivity contribution is 7.89. The van der Waals surface area contributed by atoms with E-state index in [9.17, 15) is 23.3 Å². The van der Waals surface area contributed by atoms with Crippen molar-refractivity contribution in [3.05, 3.63) is 56.8 Å². The second-order valence-corrected chi connectivity index (χ2v) is 8.83. The predicted molar refractivity (Wildman–Crippen MR) is 101 cm³/mol. The largest absolute Gasteiger partial charge is 0.340 e. The van der Waals surface area contributed by atoms with Gasteiger partial charge in [0.2, 0.25) is 15.9 Å². The van der Waals surface area contributed by atoms with Crippen LogP contribution in [-0.2, 0) is 21.2 Å². The van der Waals surface area contributed by atoms with E-state index in [0.29, 0.717) is 12.8 Å². The van der Waals surface area contributed by atoms with E-state index in [2.05, 4.69) is 0 Å². The molecule has 27 heavy (non-hydrogen) atoms. The van der Waals surface area contributed by atoms with E-state index in [1.165, 1.54) is 28.6 Å².